The molecule has 2 aromatic carbocycles. The second-order valence-electron chi connectivity index (χ2n) is 8.28. The van der Waals surface area contributed by atoms with E-state index in [0.717, 1.165) is 0 Å². The Labute approximate surface area is 193 Å². The lowest BCUT2D eigenvalue weighted by Gasteiger charge is -2.26. The Morgan fingerprint density at radius 3 is 2.18 bits per heavy atom. The Hall–Kier alpha value is -3.34. The summed E-state index contributed by atoms with van der Waals surface area (Å²) in [5.74, 6) is -9.20. The molecule has 2 aromatic rings. The Morgan fingerprint density at radius 2 is 1.62 bits per heavy atom. The van der Waals surface area contributed by atoms with Crippen LogP contribution in [0.3, 0.4) is 0 Å². The molecule has 1 amide bonds. The molecule has 0 aliphatic carbocycles. The molecule has 186 valence electrons. The maximum Gasteiger partial charge on any atom is 0.407 e. The van der Waals surface area contributed by atoms with Crippen LogP contribution in [0.1, 0.15) is 32.8 Å². The number of halogens is 4. The average molecular weight is 487 g/mol. The van der Waals surface area contributed by atoms with E-state index in [1.165, 1.54) is 0 Å². The second-order valence-corrected chi connectivity index (χ2v) is 8.28. The van der Waals surface area contributed by atoms with E-state index in [9.17, 15) is 32.3 Å². The second kappa shape index (κ2) is 11.7. The zero-order valence-electron chi connectivity index (χ0n) is 18.7. The molecule has 7 nitrogen and oxygen atoms in total. The lowest BCUT2D eigenvalue weighted by atomic mass is 10.1. The van der Waals surface area contributed by atoms with Crippen molar-refractivity contribution in [3.63, 3.8) is 0 Å². The standard InChI is InChI=1S/C23H25F4NO6/c1-23(2,3)34-18(30)10-16(28-22(31)33-11-13-7-5-4-6-8-13)17(29)12-32-21-19(26)14(24)9-15(25)20(21)27/h4-9,16-17,29H,10-12H2,1-3H3,(H,28,31)/t16?,17-/m1/s1. The molecule has 0 saturated carbocycles. The van der Waals surface area contributed by atoms with Gasteiger partial charge in [0.1, 0.15) is 24.9 Å². The van der Waals surface area contributed by atoms with E-state index in [0.29, 0.717) is 5.56 Å². The fourth-order valence-electron chi connectivity index (χ4n) is 2.72. The van der Waals surface area contributed by atoms with Crippen LogP contribution in [-0.2, 0) is 20.9 Å². The van der Waals surface area contributed by atoms with Gasteiger partial charge in [-0.3, -0.25) is 4.79 Å². The number of aliphatic hydroxyl groups excluding tert-OH is 1. The zero-order chi connectivity index (χ0) is 25.5. The van der Waals surface area contributed by atoms with Crippen LogP contribution in [0.15, 0.2) is 36.4 Å². The third kappa shape index (κ3) is 8.22. The van der Waals surface area contributed by atoms with Crippen molar-refractivity contribution in [3.8, 4) is 5.75 Å². The topological polar surface area (TPSA) is 94.1 Å². The largest absolute Gasteiger partial charge is 0.485 e. The SMILES string of the molecule is CC(C)(C)OC(=O)CC(NC(=O)OCc1ccccc1)[C@H](O)COc1c(F)c(F)cc(F)c1F. The molecule has 1 unspecified atom stereocenters. The number of ether oxygens (including phenoxy) is 3. The lowest BCUT2D eigenvalue weighted by Crippen LogP contribution is -2.48. The van der Waals surface area contributed by atoms with E-state index in [2.05, 4.69) is 5.32 Å². The minimum atomic E-state index is -1.80. The highest BCUT2D eigenvalue weighted by atomic mass is 19.2. The zero-order valence-corrected chi connectivity index (χ0v) is 18.7. The molecule has 0 aliphatic rings. The van der Waals surface area contributed by atoms with Gasteiger partial charge in [-0.05, 0) is 26.3 Å². The number of aliphatic hydroxyl groups is 1. The van der Waals surface area contributed by atoms with Crippen molar-refractivity contribution in [2.24, 2.45) is 0 Å². The van der Waals surface area contributed by atoms with Gasteiger partial charge in [0.25, 0.3) is 0 Å². The van der Waals surface area contributed by atoms with Gasteiger partial charge in [0.2, 0.25) is 11.6 Å². The number of benzene rings is 2. The quantitative estimate of drug-likeness (QED) is 0.315. The van der Waals surface area contributed by atoms with Gasteiger partial charge in [0.15, 0.2) is 17.4 Å². The van der Waals surface area contributed by atoms with Gasteiger partial charge in [-0.25, -0.2) is 13.6 Å². The van der Waals surface area contributed by atoms with Crippen LogP contribution in [-0.4, -0.2) is 41.5 Å². The van der Waals surface area contributed by atoms with Crippen molar-refractivity contribution in [2.45, 2.75) is 51.5 Å². The fourth-order valence-corrected chi connectivity index (χ4v) is 2.72. The average Bonchev–Trinajstić information content (AvgIpc) is 2.75. The van der Waals surface area contributed by atoms with Crippen LogP contribution in [0.4, 0.5) is 22.4 Å². The molecule has 2 N–H and O–H groups in total. The first kappa shape index (κ1) is 26.9. The molecule has 34 heavy (non-hydrogen) atoms. The van der Waals surface area contributed by atoms with Gasteiger partial charge in [-0.15, -0.1) is 0 Å². The highest BCUT2D eigenvalue weighted by Crippen LogP contribution is 2.26. The molecule has 0 heterocycles. The maximum absolute atomic E-state index is 13.8. The highest BCUT2D eigenvalue weighted by molar-refractivity contribution is 5.73. The molecular formula is C23H25F4NO6. The summed E-state index contributed by atoms with van der Waals surface area (Å²) in [6, 6.07) is 7.26. The van der Waals surface area contributed by atoms with Crippen molar-refractivity contribution in [1.29, 1.82) is 0 Å². The predicted molar refractivity (Wildman–Crippen MR) is 112 cm³/mol. The molecule has 0 aromatic heterocycles. The number of amides is 1. The summed E-state index contributed by atoms with van der Waals surface area (Å²) in [6.07, 6.45) is -3.32. The highest BCUT2D eigenvalue weighted by Gasteiger charge is 2.29. The summed E-state index contributed by atoms with van der Waals surface area (Å²) in [7, 11) is 0. The Balaban J connectivity index is 2.09. The summed E-state index contributed by atoms with van der Waals surface area (Å²) in [5.41, 5.74) is -0.202. The minimum absolute atomic E-state index is 0.00353. The molecule has 0 fully saturated rings. The van der Waals surface area contributed by atoms with Gasteiger partial charge in [0, 0.05) is 6.07 Å². The molecular weight excluding hydrogens is 462 g/mol. The first-order valence-electron chi connectivity index (χ1n) is 10.2. The number of nitrogens with one attached hydrogen (secondary N) is 1. The van der Waals surface area contributed by atoms with E-state index in [4.69, 9.17) is 14.2 Å². The van der Waals surface area contributed by atoms with Gasteiger partial charge in [0.05, 0.1) is 12.5 Å². The summed E-state index contributed by atoms with van der Waals surface area (Å²) in [6.45, 7) is 3.77. The summed E-state index contributed by atoms with van der Waals surface area (Å²) < 4.78 is 69.3. The summed E-state index contributed by atoms with van der Waals surface area (Å²) in [4.78, 5) is 24.4. The van der Waals surface area contributed by atoms with E-state index >= 15 is 0 Å². The molecule has 0 saturated heterocycles. The van der Waals surface area contributed by atoms with E-state index < -0.39 is 71.9 Å². The van der Waals surface area contributed by atoms with Crippen molar-refractivity contribution in [1.82, 2.24) is 5.32 Å². The number of hydrogen-bond acceptors (Lipinski definition) is 6. The number of hydrogen-bond donors (Lipinski definition) is 2. The molecule has 0 bridgehead atoms. The molecule has 11 heteroatoms. The maximum atomic E-state index is 13.8. The molecule has 2 rings (SSSR count). The lowest BCUT2D eigenvalue weighted by molar-refractivity contribution is -0.156. The van der Waals surface area contributed by atoms with Gasteiger partial charge < -0.3 is 24.6 Å². The van der Waals surface area contributed by atoms with E-state index in [-0.39, 0.29) is 12.7 Å². The minimum Gasteiger partial charge on any atom is -0.485 e. The van der Waals surface area contributed by atoms with Crippen LogP contribution in [0.2, 0.25) is 0 Å². The van der Waals surface area contributed by atoms with Crippen molar-refractivity contribution >= 4 is 12.1 Å². The van der Waals surface area contributed by atoms with Crippen LogP contribution in [0, 0.1) is 23.3 Å². The van der Waals surface area contributed by atoms with Crippen LogP contribution >= 0.6 is 0 Å². The van der Waals surface area contributed by atoms with E-state index in [1.54, 1.807) is 51.1 Å². The molecule has 0 aliphatic heterocycles. The third-order valence-corrected chi connectivity index (χ3v) is 4.26. The number of carbonyl (C=O) groups is 2. The first-order chi connectivity index (χ1) is 15.9. The fraction of sp³-hybridized carbons (Fsp3) is 0.391. The third-order valence-electron chi connectivity index (χ3n) is 4.26. The van der Waals surface area contributed by atoms with Crippen LogP contribution in [0.5, 0.6) is 5.75 Å². The Bertz CT molecular complexity index is 971. The first-order valence-corrected chi connectivity index (χ1v) is 10.2. The van der Waals surface area contributed by atoms with Crippen LogP contribution in [0.25, 0.3) is 0 Å². The number of esters is 1. The molecule has 0 spiro atoms. The van der Waals surface area contributed by atoms with Gasteiger partial charge >= 0.3 is 12.1 Å². The van der Waals surface area contributed by atoms with Crippen molar-refractivity contribution < 1.29 is 46.5 Å². The summed E-state index contributed by atoms with van der Waals surface area (Å²) in [5, 5.41) is 12.7. The van der Waals surface area contributed by atoms with Gasteiger partial charge in [-0.2, -0.15) is 8.78 Å². The Morgan fingerprint density at radius 1 is 1.03 bits per heavy atom. The Kier molecular flexibility index (Phi) is 9.25. The molecule has 0 radical (unpaired) electrons. The van der Waals surface area contributed by atoms with Crippen molar-refractivity contribution in [2.75, 3.05) is 6.61 Å². The molecule has 2 atom stereocenters. The number of alkyl carbamates (subject to hydrolysis) is 1. The van der Waals surface area contributed by atoms with E-state index in [1.807, 2.05) is 0 Å². The number of carbonyl (C=O) groups excluding carboxylic acids is 2. The smallest absolute Gasteiger partial charge is 0.407 e. The normalized spacial score (nSPS) is 13.1. The van der Waals surface area contributed by atoms with Crippen molar-refractivity contribution in [3.05, 3.63) is 65.2 Å². The van der Waals surface area contributed by atoms with Crippen LogP contribution < -0.4 is 10.1 Å². The summed E-state index contributed by atoms with van der Waals surface area (Å²) >= 11 is 0. The van der Waals surface area contributed by atoms with Gasteiger partial charge in [-0.1, -0.05) is 30.3 Å². The predicted octanol–water partition coefficient (Wildman–Crippen LogP) is 4.01. The monoisotopic (exact) mass is 487 g/mol. The number of rotatable bonds is 9.